The van der Waals surface area contributed by atoms with E-state index in [1.54, 1.807) is 18.2 Å². The number of aliphatic carboxylic acids is 1. The molecule has 108 valence electrons. The Kier molecular flexibility index (Phi) is 4.77. The molecule has 1 atom stereocenters. The Labute approximate surface area is 125 Å². The highest BCUT2D eigenvalue weighted by atomic mass is 35.5. The molecule has 0 saturated carbocycles. The van der Waals surface area contributed by atoms with Gasteiger partial charge in [-0.25, -0.2) is 4.79 Å². The maximum atomic E-state index is 12.3. The van der Waals surface area contributed by atoms with Gasteiger partial charge in [-0.3, -0.25) is 4.79 Å². The minimum Gasteiger partial charge on any atom is -0.496 e. The van der Waals surface area contributed by atoms with Crippen molar-refractivity contribution in [3.8, 4) is 5.75 Å². The van der Waals surface area contributed by atoms with Gasteiger partial charge in [0.15, 0.2) is 0 Å². The number of hydrogen-bond donors (Lipinski definition) is 1. The van der Waals surface area contributed by atoms with E-state index in [9.17, 15) is 9.59 Å². The third kappa shape index (κ3) is 3.19. The van der Waals surface area contributed by atoms with Crippen LogP contribution in [0.15, 0.2) is 18.2 Å². The molecule has 0 aromatic heterocycles. The molecule has 5 nitrogen and oxygen atoms in total. The molecule has 0 bridgehead atoms. The highest BCUT2D eigenvalue weighted by molar-refractivity contribution is 7.99. The normalized spacial score (nSPS) is 18.1. The molecule has 1 saturated heterocycles. The largest absolute Gasteiger partial charge is 0.496 e. The van der Waals surface area contributed by atoms with Crippen LogP contribution in [-0.2, 0) is 16.0 Å². The van der Waals surface area contributed by atoms with Crippen molar-refractivity contribution in [1.29, 1.82) is 0 Å². The maximum absolute atomic E-state index is 12.3. The van der Waals surface area contributed by atoms with Crippen LogP contribution in [-0.4, -0.2) is 46.7 Å². The van der Waals surface area contributed by atoms with Gasteiger partial charge in [-0.2, -0.15) is 0 Å². The first-order valence-electron chi connectivity index (χ1n) is 5.95. The van der Waals surface area contributed by atoms with Gasteiger partial charge in [0.25, 0.3) is 0 Å². The molecule has 1 aliphatic rings. The number of nitrogens with zero attached hydrogens (tertiary/aromatic N) is 1. The van der Waals surface area contributed by atoms with Crippen LogP contribution in [0, 0.1) is 0 Å². The fraction of sp³-hybridized carbons (Fsp3) is 0.385. The molecule has 2 rings (SSSR count). The van der Waals surface area contributed by atoms with Gasteiger partial charge in [0.1, 0.15) is 11.8 Å². The third-order valence-corrected chi connectivity index (χ3v) is 4.32. The number of benzene rings is 1. The van der Waals surface area contributed by atoms with Gasteiger partial charge in [-0.05, 0) is 18.2 Å². The van der Waals surface area contributed by atoms with Crippen LogP contribution in [0.4, 0.5) is 0 Å². The minimum absolute atomic E-state index is 0.0775. The molecular formula is C13H14ClNO4S. The monoisotopic (exact) mass is 315 g/mol. The molecule has 1 aromatic carbocycles. The smallest absolute Gasteiger partial charge is 0.327 e. The number of thioether (sulfide) groups is 1. The summed E-state index contributed by atoms with van der Waals surface area (Å²) >= 11 is 7.35. The molecule has 1 N–H and O–H groups in total. The molecule has 0 radical (unpaired) electrons. The van der Waals surface area contributed by atoms with E-state index in [1.807, 2.05) is 0 Å². The van der Waals surface area contributed by atoms with E-state index in [4.69, 9.17) is 21.4 Å². The van der Waals surface area contributed by atoms with Crippen molar-refractivity contribution in [3.63, 3.8) is 0 Å². The molecule has 0 spiro atoms. The van der Waals surface area contributed by atoms with Crippen LogP contribution in [0.3, 0.4) is 0 Å². The van der Waals surface area contributed by atoms with Crippen molar-refractivity contribution in [3.05, 3.63) is 28.8 Å². The third-order valence-electron chi connectivity index (χ3n) is 3.07. The summed E-state index contributed by atoms with van der Waals surface area (Å²) in [7, 11) is 1.52. The zero-order valence-corrected chi connectivity index (χ0v) is 12.4. The summed E-state index contributed by atoms with van der Waals surface area (Å²) in [5.41, 5.74) is 0.658. The zero-order chi connectivity index (χ0) is 14.7. The summed E-state index contributed by atoms with van der Waals surface area (Å²) in [5, 5.41) is 9.60. The Morgan fingerprint density at radius 3 is 2.95 bits per heavy atom. The second-order valence-electron chi connectivity index (χ2n) is 4.35. The summed E-state index contributed by atoms with van der Waals surface area (Å²) in [4.78, 5) is 24.7. The lowest BCUT2D eigenvalue weighted by atomic mass is 10.1. The van der Waals surface area contributed by atoms with E-state index in [0.717, 1.165) is 0 Å². The molecule has 20 heavy (non-hydrogen) atoms. The van der Waals surface area contributed by atoms with Crippen LogP contribution in [0.2, 0.25) is 5.02 Å². The highest BCUT2D eigenvalue weighted by Crippen LogP contribution is 2.26. The average molecular weight is 316 g/mol. The Hall–Kier alpha value is -1.40. The molecule has 1 unspecified atom stereocenters. The van der Waals surface area contributed by atoms with E-state index < -0.39 is 12.0 Å². The number of ether oxygens (including phenoxy) is 1. The van der Waals surface area contributed by atoms with Crippen LogP contribution in [0.25, 0.3) is 0 Å². The lowest BCUT2D eigenvalue weighted by molar-refractivity contribution is -0.147. The van der Waals surface area contributed by atoms with Crippen molar-refractivity contribution >= 4 is 35.2 Å². The summed E-state index contributed by atoms with van der Waals surface area (Å²) in [6, 6.07) is 4.29. The lowest BCUT2D eigenvalue weighted by Crippen LogP contribution is -2.42. The average Bonchev–Trinajstić information content (AvgIpc) is 2.88. The highest BCUT2D eigenvalue weighted by Gasteiger charge is 2.34. The first kappa shape index (κ1) is 15.0. The molecule has 1 aliphatic heterocycles. The SMILES string of the molecule is COc1ccc(Cl)cc1CC(=O)N1CSCC1C(=O)O. The number of halogens is 1. The fourth-order valence-electron chi connectivity index (χ4n) is 2.04. The van der Waals surface area contributed by atoms with Gasteiger partial charge >= 0.3 is 5.97 Å². The summed E-state index contributed by atoms with van der Waals surface area (Å²) in [6.45, 7) is 0. The maximum Gasteiger partial charge on any atom is 0.327 e. The van der Waals surface area contributed by atoms with E-state index in [1.165, 1.54) is 23.8 Å². The van der Waals surface area contributed by atoms with Crippen molar-refractivity contribution in [2.24, 2.45) is 0 Å². The second-order valence-corrected chi connectivity index (χ2v) is 5.79. The van der Waals surface area contributed by atoms with Crippen molar-refractivity contribution in [2.75, 3.05) is 18.7 Å². The number of carbonyl (C=O) groups excluding carboxylic acids is 1. The van der Waals surface area contributed by atoms with Gasteiger partial charge in [-0.15, -0.1) is 11.8 Å². The van der Waals surface area contributed by atoms with Crippen LogP contribution in [0.1, 0.15) is 5.56 Å². The number of rotatable bonds is 4. The predicted octanol–water partition coefficient (Wildman–Crippen LogP) is 1.88. The number of carboxylic acid groups (broad SMARTS) is 1. The zero-order valence-electron chi connectivity index (χ0n) is 10.8. The number of methoxy groups -OCH3 is 1. The van der Waals surface area contributed by atoms with E-state index >= 15 is 0 Å². The second kappa shape index (κ2) is 6.37. The first-order chi connectivity index (χ1) is 9.52. The van der Waals surface area contributed by atoms with Gasteiger partial charge in [-0.1, -0.05) is 11.6 Å². The minimum atomic E-state index is -0.971. The first-order valence-corrected chi connectivity index (χ1v) is 7.48. The van der Waals surface area contributed by atoms with E-state index in [-0.39, 0.29) is 12.3 Å². The van der Waals surface area contributed by atoms with Crippen LogP contribution < -0.4 is 4.74 Å². The van der Waals surface area contributed by atoms with Gasteiger partial charge in [0, 0.05) is 16.3 Å². The quantitative estimate of drug-likeness (QED) is 0.919. The Balaban J connectivity index is 2.15. The summed E-state index contributed by atoms with van der Waals surface area (Å²) in [5.74, 6) is 0.192. The van der Waals surface area contributed by atoms with E-state index in [2.05, 4.69) is 0 Å². The van der Waals surface area contributed by atoms with Gasteiger partial charge in [0.05, 0.1) is 19.4 Å². The Morgan fingerprint density at radius 2 is 2.30 bits per heavy atom. The number of hydrogen-bond acceptors (Lipinski definition) is 4. The number of carboxylic acids is 1. The fourth-order valence-corrected chi connectivity index (χ4v) is 3.41. The molecule has 1 heterocycles. The lowest BCUT2D eigenvalue weighted by Gasteiger charge is -2.21. The van der Waals surface area contributed by atoms with E-state index in [0.29, 0.717) is 28.0 Å². The Morgan fingerprint density at radius 1 is 1.55 bits per heavy atom. The van der Waals surface area contributed by atoms with Crippen LogP contribution >= 0.6 is 23.4 Å². The molecule has 1 amide bonds. The Bertz CT molecular complexity index is 537. The topological polar surface area (TPSA) is 66.8 Å². The van der Waals surface area contributed by atoms with Crippen LogP contribution in [0.5, 0.6) is 5.75 Å². The van der Waals surface area contributed by atoms with Gasteiger partial charge in [0.2, 0.25) is 5.91 Å². The predicted molar refractivity (Wildman–Crippen MR) is 77.3 cm³/mol. The molecule has 7 heteroatoms. The molecular weight excluding hydrogens is 302 g/mol. The summed E-state index contributed by atoms with van der Waals surface area (Å²) in [6.07, 6.45) is 0.0775. The number of amides is 1. The molecule has 0 aliphatic carbocycles. The summed E-state index contributed by atoms with van der Waals surface area (Å²) < 4.78 is 5.19. The number of carbonyl (C=O) groups is 2. The molecule has 1 aromatic rings. The molecule has 1 fully saturated rings. The van der Waals surface area contributed by atoms with Crippen molar-refractivity contribution in [2.45, 2.75) is 12.5 Å². The van der Waals surface area contributed by atoms with Gasteiger partial charge < -0.3 is 14.7 Å². The standard InChI is InChI=1S/C13H14ClNO4S/c1-19-11-3-2-9(14)4-8(11)5-12(16)15-7-20-6-10(15)13(17)18/h2-4,10H,5-7H2,1H3,(H,17,18). The van der Waals surface area contributed by atoms with Crippen molar-refractivity contribution in [1.82, 2.24) is 4.90 Å². The van der Waals surface area contributed by atoms with Crippen molar-refractivity contribution < 1.29 is 19.4 Å².